The van der Waals surface area contributed by atoms with Crippen molar-refractivity contribution in [2.24, 2.45) is 0 Å². The van der Waals surface area contributed by atoms with Crippen molar-refractivity contribution in [3.8, 4) is 0 Å². The summed E-state index contributed by atoms with van der Waals surface area (Å²) in [7, 11) is 0. The first-order valence-electron chi connectivity index (χ1n) is 7.65. The van der Waals surface area contributed by atoms with E-state index < -0.39 is 0 Å². The van der Waals surface area contributed by atoms with Crippen LogP contribution in [0.3, 0.4) is 0 Å². The largest absolute Gasteiger partial charge is 0.510 e. The summed E-state index contributed by atoms with van der Waals surface area (Å²) in [5.41, 5.74) is 2.50. The molecule has 2 aromatic heterocycles. The molecule has 3 heterocycles. The van der Waals surface area contributed by atoms with Crippen LogP contribution < -0.4 is 0 Å². The summed E-state index contributed by atoms with van der Waals surface area (Å²) >= 11 is 3.16. The monoisotopic (exact) mass is 356 g/mol. The Morgan fingerprint density at radius 3 is 2.88 bits per heavy atom. The molecule has 0 spiro atoms. The van der Waals surface area contributed by atoms with Gasteiger partial charge in [0, 0.05) is 24.0 Å². The molecule has 0 bridgehead atoms. The Labute approximate surface area is 147 Å². The number of para-hydroxylation sites is 1. The molecule has 0 saturated heterocycles. The van der Waals surface area contributed by atoms with E-state index in [-0.39, 0.29) is 5.76 Å². The maximum absolute atomic E-state index is 10.4. The van der Waals surface area contributed by atoms with Crippen LogP contribution in [0, 0.1) is 12.3 Å². The molecular weight excluding hydrogens is 340 g/mol. The minimum Gasteiger partial charge on any atom is -0.510 e. The summed E-state index contributed by atoms with van der Waals surface area (Å²) in [6, 6.07) is 7.88. The lowest BCUT2D eigenvalue weighted by Crippen LogP contribution is -2.28. The lowest BCUT2D eigenvalue weighted by Gasteiger charge is -2.17. The minimum atomic E-state index is 0.231. The highest BCUT2D eigenvalue weighted by atomic mass is 32.1. The number of nitrogens with one attached hydrogen (secondary N) is 1. The molecule has 0 unspecified atom stereocenters. The fraction of sp³-hybridized carbons (Fsp3) is 0.235. The quantitative estimate of drug-likeness (QED) is 0.744. The number of thiazole rings is 2. The van der Waals surface area contributed by atoms with Gasteiger partial charge >= 0.3 is 0 Å². The molecule has 24 heavy (non-hydrogen) atoms. The van der Waals surface area contributed by atoms with Gasteiger partial charge in [-0.2, -0.15) is 0 Å². The first kappa shape index (κ1) is 15.3. The maximum atomic E-state index is 10.4. The summed E-state index contributed by atoms with van der Waals surface area (Å²) in [4.78, 5) is 10.9. The molecule has 0 aliphatic carbocycles. The van der Waals surface area contributed by atoms with E-state index >= 15 is 0 Å². The Kier molecular flexibility index (Phi) is 3.82. The summed E-state index contributed by atoms with van der Waals surface area (Å²) in [6.07, 6.45) is 0.779. The van der Waals surface area contributed by atoms with Crippen molar-refractivity contribution >= 4 is 44.3 Å². The average molecular weight is 356 g/mol. The van der Waals surface area contributed by atoms with E-state index in [9.17, 15) is 5.11 Å². The highest BCUT2D eigenvalue weighted by Crippen LogP contribution is 2.33. The Bertz CT molecular complexity index is 923. The fourth-order valence-corrected chi connectivity index (χ4v) is 4.58. The van der Waals surface area contributed by atoms with E-state index in [4.69, 9.17) is 5.41 Å². The number of fused-ring (bicyclic) bond motifs is 1. The zero-order valence-corrected chi connectivity index (χ0v) is 14.7. The second-order valence-corrected chi connectivity index (χ2v) is 7.68. The molecule has 1 aliphatic rings. The Hall–Kier alpha value is -2.25. The van der Waals surface area contributed by atoms with Crippen LogP contribution in [0.25, 0.3) is 15.8 Å². The third-order valence-electron chi connectivity index (χ3n) is 3.95. The van der Waals surface area contributed by atoms with E-state index in [0.717, 1.165) is 27.3 Å². The number of aliphatic hydroxyl groups excluding tert-OH is 1. The van der Waals surface area contributed by atoms with Crippen LogP contribution in [0.2, 0.25) is 0 Å². The van der Waals surface area contributed by atoms with Gasteiger partial charge in [-0.3, -0.25) is 5.41 Å². The normalized spacial score (nSPS) is 15.0. The number of amidine groups is 1. The summed E-state index contributed by atoms with van der Waals surface area (Å²) < 4.78 is 1.07. The van der Waals surface area contributed by atoms with Crippen LogP contribution in [0.5, 0.6) is 0 Å². The van der Waals surface area contributed by atoms with Crippen LogP contribution in [-0.4, -0.2) is 38.9 Å². The van der Waals surface area contributed by atoms with Crippen molar-refractivity contribution in [2.75, 3.05) is 13.1 Å². The number of benzene rings is 1. The van der Waals surface area contributed by atoms with E-state index in [2.05, 4.69) is 9.97 Å². The van der Waals surface area contributed by atoms with Crippen LogP contribution in [0.15, 0.2) is 35.4 Å². The second-order valence-electron chi connectivity index (χ2n) is 5.71. The number of aromatic nitrogens is 2. The van der Waals surface area contributed by atoms with Gasteiger partial charge in [-0.25, -0.2) is 9.97 Å². The van der Waals surface area contributed by atoms with E-state index in [0.29, 0.717) is 29.5 Å². The lowest BCUT2D eigenvalue weighted by molar-refractivity contribution is 0.351. The third-order valence-corrected chi connectivity index (χ3v) is 6.03. The first-order valence-corrected chi connectivity index (χ1v) is 9.34. The highest BCUT2D eigenvalue weighted by Gasteiger charge is 2.30. The zero-order valence-electron chi connectivity index (χ0n) is 13.1. The van der Waals surface area contributed by atoms with Crippen molar-refractivity contribution in [3.63, 3.8) is 0 Å². The van der Waals surface area contributed by atoms with Crippen molar-refractivity contribution < 1.29 is 5.11 Å². The summed E-state index contributed by atoms with van der Waals surface area (Å²) in [5.74, 6) is 0.578. The number of hydrogen-bond acceptors (Lipinski definition) is 6. The number of hydrogen-bond donors (Lipinski definition) is 2. The van der Waals surface area contributed by atoms with Gasteiger partial charge in [0.2, 0.25) is 0 Å². The van der Waals surface area contributed by atoms with Crippen molar-refractivity contribution in [1.29, 1.82) is 5.41 Å². The van der Waals surface area contributed by atoms with Gasteiger partial charge in [-0.15, -0.1) is 22.7 Å². The number of aliphatic hydroxyl groups is 1. The van der Waals surface area contributed by atoms with Crippen molar-refractivity contribution in [3.05, 3.63) is 51.1 Å². The molecule has 5 nitrogen and oxygen atoms in total. The first-order chi connectivity index (χ1) is 11.6. The number of rotatable bonds is 4. The number of aryl methyl sites for hydroxylation is 1. The maximum Gasteiger partial charge on any atom is 0.135 e. The van der Waals surface area contributed by atoms with E-state index in [1.54, 1.807) is 11.3 Å². The average Bonchev–Trinajstić information content (AvgIpc) is 3.23. The van der Waals surface area contributed by atoms with Gasteiger partial charge in [0.25, 0.3) is 0 Å². The molecule has 1 aliphatic heterocycles. The van der Waals surface area contributed by atoms with E-state index in [1.807, 2.05) is 41.5 Å². The molecule has 122 valence electrons. The Morgan fingerprint density at radius 1 is 1.29 bits per heavy atom. The minimum absolute atomic E-state index is 0.231. The Balaban J connectivity index is 1.54. The van der Waals surface area contributed by atoms with Crippen molar-refractivity contribution in [2.45, 2.75) is 13.3 Å². The molecular formula is C17H16N4OS2. The van der Waals surface area contributed by atoms with Gasteiger partial charge < -0.3 is 10.0 Å². The summed E-state index contributed by atoms with van der Waals surface area (Å²) in [5, 5.41) is 22.6. The van der Waals surface area contributed by atoms with Crippen LogP contribution in [0.4, 0.5) is 0 Å². The van der Waals surface area contributed by atoms with Crippen LogP contribution in [-0.2, 0) is 6.42 Å². The second kappa shape index (κ2) is 5.99. The molecule has 0 amide bonds. The topological polar surface area (TPSA) is 73.1 Å². The molecule has 0 fully saturated rings. The standard InChI is InChI=1S/C17H16N4OS2/c1-10-9-23-14(19-10)6-7-21-8-12(22)15(16(21)18)17-20-11-4-2-3-5-13(11)24-17/h2-5,9,18,22H,6-8H2,1H3. The predicted octanol–water partition coefficient (Wildman–Crippen LogP) is 3.87. The van der Waals surface area contributed by atoms with Crippen LogP contribution >= 0.6 is 22.7 Å². The van der Waals surface area contributed by atoms with Gasteiger partial charge in [-0.1, -0.05) is 12.1 Å². The molecule has 3 aromatic rings. The third kappa shape index (κ3) is 2.70. The molecule has 0 radical (unpaired) electrons. The highest BCUT2D eigenvalue weighted by molar-refractivity contribution is 7.19. The zero-order chi connectivity index (χ0) is 16.7. The van der Waals surface area contributed by atoms with Crippen LogP contribution in [0.1, 0.15) is 15.7 Å². The van der Waals surface area contributed by atoms with Crippen molar-refractivity contribution in [1.82, 2.24) is 14.9 Å². The van der Waals surface area contributed by atoms with Gasteiger partial charge in [0.15, 0.2) is 0 Å². The molecule has 1 aromatic carbocycles. The Morgan fingerprint density at radius 2 is 2.12 bits per heavy atom. The van der Waals surface area contributed by atoms with Gasteiger partial charge in [0.1, 0.15) is 16.6 Å². The smallest absolute Gasteiger partial charge is 0.135 e. The summed E-state index contributed by atoms with van der Waals surface area (Å²) in [6.45, 7) is 3.02. The van der Waals surface area contributed by atoms with Gasteiger partial charge in [-0.05, 0) is 19.1 Å². The molecule has 4 rings (SSSR count). The predicted molar refractivity (Wildman–Crippen MR) is 99.0 cm³/mol. The molecule has 0 saturated carbocycles. The van der Waals surface area contributed by atoms with Gasteiger partial charge in [0.05, 0.1) is 27.3 Å². The number of nitrogens with zero attached hydrogens (tertiary/aromatic N) is 3. The SMILES string of the molecule is Cc1csc(CCN2CC(O)=C(c3nc4ccccc4s3)C2=N)n1. The molecule has 2 N–H and O–H groups in total. The lowest BCUT2D eigenvalue weighted by atomic mass is 10.2. The molecule has 7 heteroatoms. The molecule has 0 atom stereocenters. The van der Waals surface area contributed by atoms with E-state index in [1.165, 1.54) is 11.3 Å². The fourth-order valence-electron chi connectivity index (χ4n) is 2.78.